The summed E-state index contributed by atoms with van der Waals surface area (Å²) in [4.78, 5) is 11.5. The van der Waals surface area contributed by atoms with Gasteiger partial charge in [-0.15, -0.1) is 0 Å². The second-order valence-corrected chi connectivity index (χ2v) is 4.03. The Bertz CT molecular complexity index is 369. The minimum Gasteiger partial charge on any atom is -0.497 e. The van der Waals surface area contributed by atoms with E-state index >= 15 is 0 Å². The molecule has 0 spiro atoms. The summed E-state index contributed by atoms with van der Waals surface area (Å²) in [7, 11) is 1.59. The minimum atomic E-state index is -0.0733. The molecule has 88 valence electrons. The highest BCUT2D eigenvalue weighted by Gasteiger charge is 2.06. The molecule has 0 aliphatic heterocycles. The fourth-order valence-corrected chi connectivity index (χ4v) is 1.51. The average Bonchev–Trinajstić information content (AvgIpc) is 2.29. The number of hydrogen-bond acceptors (Lipinski definition) is 3. The van der Waals surface area contributed by atoms with Crippen molar-refractivity contribution >= 4 is 27.5 Å². The van der Waals surface area contributed by atoms with Crippen LogP contribution in [0, 0.1) is 0 Å². The molecule has 0 unspecified atom stereocenters. The Kier molecular flexibility index (Phi) is 5.28. The lowest BCUT2D eigenvalue weighted by molar-refractivity contribution is -0.115. The van der Waals surface area contributed by atoms with Crippen molar-refractivity contribution in [1.29, 1.82) is 0 Å². The molecular formula is C11H15BrN2O2. The van der Waals surface area contributed by atoms with Gasteiger partial charge in [0.1, 0.15) is 5.75 Å². The monoisotopic (exact) mass is 286 g/mol. The molecular weight excluding hydrogens is 272 g/mol. The zero-order valence-electron chi connectivity index (χ0n) is 9.34. The van der Waals surface area contributed by atoms with Gasteiger partial charge in [0.25, 0.3) is 0 Å². The van der Waals surface area contributed by atoms with Crippen LogP contribution in [0.3, 0.4) is 0 Å². The SMILES string of the molecule is CCNCC(=O)Nc1cc(OC)ccc1Br. The highest BCUT2D eigenvalue weighted by atomic mass is 79.9. The molecule has 0 radical (unpaired) electrons. The van der Waals surface area contributed by atoms with E-state index in [0.29, 0.717) is 18.0 Å². The van der Waals surface area contributed by atoms with Crippen LogP contribution in [0.5, 0.6) is 5.75 Å². The van der Waals surface area contributed by atoms with E-state index in [0.717, 1.165) is 11.0 Å². The second-order valence-electron chi connectivity index (χ2n) is 3.17. The molecule has 1 aromatic carbocycles. The van der Waals surface area contributed by atoms with Gasteiger partial charge in [-0.05, 0) is 34.6 Å². The maximum absolute atomic E-state index is 11.5. The van der Waals surface area contributed by atoms with Gasteiger partial charge in [-0.3, -0.25) is 4.79 Å². The first kappa shape index (κ1) is 13.0. The van der Waals surface area contributed by atoms with Gasteiger partial charge in [-0.1, -0.05) is 6.92 Å². The van der Waals surface area contributed by atoms with E-state index in [1.54, 1.807) is 13.2 Å². The zero-order valence-corrected chi connectivity index (χ0v) is 10.9. The van der Waals surface area contributed by atoms with Crippen molar-refractivity contribution in [2.45, 2.75) is 6.92 Å². The summed E-state index contributed by atoms with van der Waals surface area (Å²) in [6.07, 6.45) is 0. The molecule has 0 atom stereocenters. The number of methoxy groups -OCH3 is 1. The summed E-state index contributed by atoms with van der Waals surface area (Å²) >= 11 is 3.37. The van der Waals surface area contributed by atoms with Gasteiger partial charge in [-0.25, -0.2) is 0 Å². The largest absolute Gasteiger partial charge is 0.497 e. The van der Waals surface area contributed by atoms with Gasteiger partial charge in [0.15, 0.2) is 0 Å². The van der Waals surface area contributed by atoms with Crippen molar-refractivity contribution in [2.75, 3.05) is 25.5 Å². The first-order valence-corrected chi connectivity index (χ1v) is 5.80. The van der Waals surface area contributed by atoms with Gasteiger partial charge in [0.2, 0.25) is 5.91 Å². The van der Waals surface area contributed by atoms with E-state index < -0.39 is 0 Å². The molecule has 0 saturated carbocycles. The van der Waals surface area contributed by atoms with Gasteiger partial charge < -0.3 is 15.4 Å². The van der Waals surface area contributed by atoms with Crippen molar-refractivity contribution in [3.8, 4) is 5.75 Å². The number of carbonyl (C=O) groups excluding carboxylic acids is 1. The predicted molar refractivity (Wildman–Crippen MR) is 67.9 cm³/mol. The minimum absolute atomic E-state index is 0.0733. The zero-order chi connectivity index (χ0) is 12.0. The number of carbonyl (C=O) groups is 1. The molecule has 1 aromatic rings. The van der Waals surface area contributed by atoms with Crippen LogP contribution in [0.2, 0.25) is 0 Å². The molecule has 0 aliphatic rings. The Labute approximate surface area is 103 Å². The van der Waals surface area contributed by atoms with Gasteiger partial charge >= 0.3 is 0 Å². The number of halogens is 1. The van der Waals surface area contributed by atoms with E-state index in [-0.39, 0.29) is 5.91 Å². The van der Waals surface area contributed by atoms with Crippen molar-refractivity contribution in [3.05, 3.63) is 22.7 Å². The first-order valence-electron chi connectivity index (χ1n) is 5.01. The highest BCUT2D eigenvalue weighted by Crippen LogP contribution is 2.26. The summed E-state index contributed by atoms with van der Waals surface area (Å²) in [5, 5.41) is 5.75. The topological polar surface area (TPSA) is 50.4 Å². The average molecular weight is 287 g/mol. The van der Waals surface area contributed by atoms with Crippen LogP contribution in [0.1, 0.15) is 6.92 Å². The van der Waals surface area contributed by atoms with Crippen molar-refractivity contribution in [3.63, 3.8) is 0 Å². The molecule has 4 nitrogen and oxygen atoms in total. The fraction of sp³-hybridized carbons (Fsp3) is 0.364. The van der Waals surface area contributed by atoms with Crippen LogP contribution in [0.25, 0.3) is 0 Å². The maximum Gasteiger partial charge on any atom is 0.238 e. The maximum atomic E-state index is 11.5. The Morgan fingerprint density at radius 1 is 1.50 bits per heavy atom. The molecule has 0 fully saturated rings. The summed E-state index contributed by atoms with van der Waals surface area (Å²) in [6.45, 7) is 3.03. The Balaban J connectivity index is 2.68. The van der Waals surface area contributed by atoms with Crippen LogP contribution < -0.4 is 15.4 Å². The summed E-state index contributed by atoms with van der Waals surface area (Å²) in [6, 6.07) is 5.43. The smallest absolute Gasteiger partial charge is 0.238 e. The molecule has 2 N–H and O–H groups in total. The Hall–Kier alpha value is -1.07. The molecule has 0 saturated heterocycles. The van der Waals surface area contributed by atoms with Crippen LogP contribution in [-0.2, 0) is 4.79 Å². The number of anilines is 1. The highest BCUT2D eigenvalue weighted by molar-refractivity contribution is 9.10. The molecule has 16 heavy (non-hydrogen) atoms. The van der Waals surface area contributed by atoms with E-state index in [4.69, 9.17) is 4.74 Å². The number of benzene rings is 1. The van der Waals surface area contributed by atoms with Gasteiger partial charge in [-0.2, -0.15) is 0 Å². The van der Waals surface area contributed by atoms with Crippen molar-refractivity contribution in [1.82, 2.24) is 5.32 Å². The molecule has 0 aliphatic carbocycles. The van der Waals surface area contributed by atoms with E-state index in [1.165, 1.54) is 0 Å². The number of nitrogens with one attached hydrogen (secondary N) is 2. The third-order valence-corrected chi connectivity index (χ3v) is 2.67. The third kappa shape index (κ3) is 3.83. The standard InChI is InChI=1S/C11H15BrN2O2/c1-3-13-7-11(15)14-10-6-8(16-2)4-5-9(10)12/h4-6,13H,3,7H2,1-2H3,(H,14,15). The fourth-order valence-electron chi connectivity index (χ4n) is 1.16. The number of hydrogen-bond donors (Lipinski definition) is 2. The Morgan fingerprint density at radius 2 is 2.25 bits per heavy atom. The number of ether oxygens (including phenoxy) is 1. The molecule has 1 amide bonds. The second kappa shape index (κ2) is 6.50. The molecule has 0 aromatic heterocycles. The third-order valence-electron chi connectivity index (χ3n) is 1.98. The van der Waals surface area contributed by atoms with Crippen molar-refractivity contribution < 1.29 is 9.53 Å². The summed E-state index contributed by atoms with van der Waals surface area (Å²) < 4.78 is 5.92. The van der Waals surface area contributed by atoms with E-state index in [9.17, 15) is 4.79 Å². The van der Waals surface area contributed by atoms with E-state index in [1.807, 2.05) is 19.1 Å². The first-order chi connectivity index (χ1) is 7.67. The molecule has 0 heterocycles. The number of rotatable bonds is 5. The predicted octanol–water partition coefficient (Wildman–Crippen LogP) is 2.01. The van der Waals surface area contributed by atoms with Crippen LogP contribution in [-0.4, -0.2) is 26.1 Å². The van der Waals surface area contributed by atoms with Crippen LogP contribution in [0.15, 0.2) is 22.7 Å². The van der Waals surface area contributed by atoms with Crippen molar-refractivity contribution in [2.24, 2.45) is 0 Å². The van der Waals surface area contributed by atoms with Crippen LogP contribution in [0.4, 0.5) is 5.69 Å². The lowest BCUT2D eigenvalue weighted by Gasteiger charge is -2.09. The molecule has 5 heteroatoms. The normalized spacial score (nSPS) is 9.94. The Morgan fingerprint density at radius 3 is 2.88 bits per heavy atom. The molecule has 0 bridgehead atoms. The molecule has 1 rings (SSSR count). The summed E-state index contributed by atoms with van der Waals surface area (Å²) in [5.74, 6) is 0.637. The quantitative estimate of drug-likeness (QED) is 0.871. The lowest BCUT2D eigenvalue weighted by Crippen LogP contribution is -2.27. The lowest BCUT2D eigenvalue weighted by atomic mass is 10.3. The number of amides is 1. The number of likely N-dealkylation sites (N-methyl/N-ethyl adjacent to an activating group) is 1. The van der Waals surface area contributed by atoms with Gasteiger partial charge in [0.05, 0.1) is 19.3 Å². The van der Waals surface area contributed by atoms with Crippen LogP contribution >= 0.6 is 15.9 Å². The summed E-state index contributed by atoms with van der Waals surface area (Å²) in [5.41, 5.74) is 0.710. The van der Waals surface area contributed by atoms with E-state index in [2.05, 4.69) is 26.6 Å². The van der Waals surface area contributed by atoms with Gasteiger partial charge in [0, 0.05) is 10.5 Å².